The van der Waals surface area contributed by atoms with Crippen LogP contribution in [0.25, 0.3) is 11.0 Å². The Balaban J connectivity index is 1.88. The summed E-state index contributed by atoms with van der Waals surface area (Å²) in [4.78, 5) is 16.3. The Morgan fingerprint density at radius 2 is 2.25 bits per heavy atom. The molecule has 0 saturated heterocycles. The minimum Gasteiger partial charge on any atom is -0.472 e. The number of carbonyl (C=O) groups is 1. The third-order valence-electron chi connectivity index (χ3n) is 2.96. The van der Waals surface area contributed by atoms with Crippen LogP contribution in [0.4, 0.5) is 5.69 Å². The van der Waals surface area contributed by atoms with Crippen LogP contribution in [0.5, 0.6) is 0 Å². The van der Waals surface area contributed by atoms with E-state index in [1.165, 1.54) is 12.5 Å². The highest BCUT2D eigenvalue weighted by atomic mass is 16.3. The minimum atomic E-state index is -0.226. The van der Waals surface area contributed by atoms with Crippen LogP contribution in [0.2, 0.25) is 0 Å². The van der Waals surface area contributed by atoms with Crippen molar-refractivity contribution in [2.75, 3.05) is 5.32 Å². The number of amides is 1. The number of hydrogen-bond donors (Lipinski definition) is 1. The zero-order valence-corrected chi connectivity index (χ0v) is 11.2. The van der Waals surface area contributed by atoms with Gasteiger partial charge in [-0.3, -0.25) is 4.79 Å². The van der Waals surface area contributed by atoms with Crippen molar-refractivity contribution in [1.82, 2.24) is 14.8 Å². The second-order valence-corrected chi connectivity index (χ2v) is 4.79. The number of anilines is 1. The first-order valence-electron chi connectivity index (χ1n) is 6.32. The Morgan fingerprint density at radius 1 is 1.40 bits per heavy atom. The molecule has 3 aromatic rings. The molecule has 3 rings (SSSR count). The molecule has 0 aromatic carbocycles. The molecule has 6 heteroatoms. The zero-order chi connectivity index (χ0) is 14.1. The first-order valence-corrected chi connectivity index (χ1v) is 6.32. The standard InChI is InChI=1S/C14H14N4O2/c1-9(2)18-13-11(6-16-18)5-12(7-15-13)17-14(19)10-3-4-20-8-10/h3-9H,1-2H3,(H,17,19). The molecule has 1 amide bonds. The fraction of sp³-hybridized carbons (Fsp3) is 0.214. The maximum atomic E-state index is 11.9. The van der Waals surface area contributed by atoms with Gasteiger partial charge in [-0.2, -0.15) is 5.10 Å². The van der Waals surface area contributed by atoms with Gasteiger partial charge >= 0.3 is 0 Å². The lowest BCUT2D eigenvalue weighted by Crippen LogP contribution is -2.11. The van der Waals surface area contributed by atoms with Crippen molar-refractivity contribution in [3.05, 3.63) is 42.6 Å². The summed E-state index contributed by atoms with van der Waals surface area (Å²) in [7, 11) is 0. The lowest BCUT2D eigenvalue weighted by molar-refractivity contribution is 0.102. The first-order chi connectivity index (χ1) is 9.65. The minimum absolute atomic E-state index is 0.226. The van der Waals surface area contributed by atoms with E-state index in [0.717, 1.165) is 11.0 Å². The molecule has 3 aromatic heterocycles. The molecule has 0 radical (unpaired) electrons. The molecular weight excluding hydrogens is 256 g/mol. The number of nitrogens with zero attached hydrogens (tertiary/aromatic N) is 3. The second kappa shape index (κ2) is 4.80. The number of aromatic nitrogens is 3. The number of hydrogen-bond acceptors (Lipinski definition) is 4. The van der Waals surface area contributed by atoms with Gasteiger partial charge in [-0.25, -0.2) is 9.67 Å². The average Bonchev–Trinajstić information content (AvgIpc) is 3.07. The van der Waals surface area contributed by atoms with Crippen molar-refractivity contribution in [3.8, 4) is 0 Å². The highest BCUT2D eigenvalue weighted by molar-refractivity contribution is 6.04. The summed E-state index contributed by atoms with van der Waals surface area (Å²) in [6, 6.07) is 3.70. The highest BCUT2D eigenvalue weighted by Crippen LogP contribution is 2.19. The summed E-state index contributed by atoms with van der Waals surface area (Å²) in [5.41, 5.74) is 1.91. The predicted octanol–water partition coefficient (Wildman–Crippen LogP) is 2.86. The largest absolute Gasteiger partial charge is 0.472 e. The van der Waals surface area contributed by atoms with Crippen LogP contribution in [-0.4, -0.2) is 20.7 Å². The van der Waals surface area contributed by atoms with E-state index in [0.29, 0.717) is 11.3 Å². The number of nitrogens with one attached hydrogen (secondary N) is 1. The average molecular weight is 270 g/mol. The molecule has 6 nitrogen and oxygen atoms in total. The zero-order valence-electron chi connectivity index (χ0n) is 11.2. The third-order valence-corrected chi connectivity index (χ3v) is 2.96. The number of rotatable bonds is 3. The number of furan rings is 1. The molecule has 1 N–H and O–H groups in total. The van der Waals surface area contributed by atoms with Crippen molar-refractivity contribution in [1.29, 1.82) is 0 Å². The van der Waals surface area contributed by atoms with E-state index in [4.69, 9.17) is 4.42 Å². The van der Waals surface area contributed by atoms with Gasteiger partial charge < -0.3 is 9.73 Å². The van der Waals surface area contributed by atoms with Crippen LogP contribution >= 0.6 is 0 Å². The van der Waals surface area contributed by atoms with Crippen LogP contribution in [0.1, 0.15) is 30.2 Å². The van der Waals surface area contributed by atoms with E-state index in [1.807, 2.05) is 24.6 Å². The van der Waals surface area contributed by atoms with Crippen LogP contribution < -0.4 is 5.32 Å². The van der Waals surface area contributed by atoms with Crippen molar-refractivity contribution in [3.63, 3.8) is 0 Å². The molecule has 0 aliphatic rings. The Kier molecular flexibility index (Phi) is 2.98. The van der Waals surface area contributed by atoms with Gasteiger partial charge in [0.15, 0.2) is 5.65 Å². The third kappa shape index (κ3) is 2.16. The number of fused-ring (bicyclic) bond motifs is 1. The quantitative estimate of drug-likeness (QED) is 0.794. The van der Waals surface area contributed by atoms with Gasteiger partial charge in [0, 0.05) is 11.4 Å². The van der Waals surface area contributed by atoms with Gasteiger partial charge in [0.05, 0.1) is 29.9 Å². The molecule has 0 spiro atoms. The molecule has 0 aliphatic heterocycles. The number of carbonyl (C=O) groups excluding carboxylic acids is 1. The maximum Gasteiger partial charge on any atom is 0.258 e. The Bertz CT molecular complexity index is 744. The molecule has 0 saturated carbocycles. The van der Waals surface area contributed by atoms with Crippen LogP contribution in [-0.2, 0) is 0 Å². The SMILES string of the molecule is CC(C)n1ncc2cc(NC(=O)c3ccoc3)cnc21. The lowest BCUT2D eigenvalue weighted by Gasteiger charge is -2.07. The van der Waals surface area contributed by atoms with Crippen LogP contribution in [0.3, 0.4) is 0 Å². The molecule has 20 heavy (non-hydrogen) atoms. The van der Waals surface area contributed by atoms with E-state index in [9.17, 15) is 4.79 Å². The molecule has 3 heterocycles. The van der Waals surface area contributed by atoms with Gasteiger partial charge in [-0.05, 0) is 26.0 Å². The van der Waals surface area contributed by atoms with Gasteiger partial charge in [-0.1, -0.05) is 0 Å². The maximum absolute atomic E-state index is 11.9. The second-order valence-electron chi connectivity index (χ2n) is 4.79. The summed E-state index contributed by atoms with van der Waals surface area (Å²) in [5, 5.41) is 7.96. The summed E-state index contributed by atoms with van der Waals surface area (Å²) in [6.45, 7) is 4.09. The van der Waals surface area contributed by atoms with Gasteiger partial charge in [-0.15, -0.1) is 0 Å². The van der Waals surface area contributed by atoms with Crippen molar-refractivity contribution < 1.29 is 9.21 Å². The van der Waals surface area contributed by atoms with Crippen molar-refractivity contribution >= 4 is 22.6 Å². The first kappa shape index (κ1) is 12.4. The smallest absolute Gasteiger partial charge is 0.258 e. The molecular formula is C14H14N4O2. The summed E-state index contributed by atoms with van der Waals surface area (Å²) in [5.74, 6) is -0.226. The molecule has 0 aliphatic carbocycles. The summed E-state index contributed by atoms with van der Waals surface area (Å²) < 4.78 is 6.73. The van der Waals surface area contributed by atoms with Crippen molar-refractivity contribution in [2.45, 2.75) is 19.9 Å². The van der Waals surface area contributed by atoms with Gasteiger partial charge in [0.25, 0.3) is 5.91 Å². The summed E-state index contributed by atoms with van der Waals surface area (Å²) >= 11 is 0. The Hall–Kier alpha value is -2.63. The Labute approximate surface area is 115 Å². The number of pyridine rings is 1. The summed E-state index contributed by atoms with van der Waals surface area (Å²) in [6.07, 6.45) is 6.23. The molecule has 0 atom stereocenters. The molecule has 102 valence electrons. The van der Waals surface area contributed by atoms with E-state index in [-0.39, 0.29) is 11.9 Å². The predicted molar refractivity (Wildman–Crippen MR) is 74.6 cm³/mol. The van der Waals surface area contributed by atoms with E-state index in [2.05, 4.69) is 15.4 Å². The fourth-order valence-corrected chi connectivity index (χ4v) is 1.98. The lowest BCUT2D eigenvalue weighted by atomic mass is 10.3. The topological polar surface area (TPSA) is 73.0 Å². The monoisotopic (exact) mass is 270 g/mol. The van der Waals surface area contributed by atoms with E-state index < -0.39 is 0 Å². The highest BCUT2D eigenvalue weighted by Gasteiger charge is 2.10. The van der Waals surface area contributed by atoms with Crippen molar-refractivity contribution in [2.24, 2.45) is 0 Å². The van der Waals surface area contributed by atoms with E-state index >= 15 is 0 Å². The Morgan fingerprint density at radius 3 is 2.95 bits per heavy atom. The van der Waals surface area contributed by atoms with Crippen LogP contribution in [0, 0.1) is 0 Å². The molecule has 0 unspecified atom stereocenters. The molecule has 0 bridgehead atoms. The van der Waals surface area contributed by atoms with Gasteiger partial charge in [0.1, 0.15) is 6.26 Å². The van der Waals surface area contributed by atoms with Crippen LogP contribution in [0.15, 0.2) is 41.5 Å². The fourth-order valence-electron chi connectivity index (χ4n) is 1.98. The van der Waals surface area contributed by atoms with Gasteiger partial charge in [0.2, 0.25) is 0 Å². The normalized spacial score (nSPS) is 11.2. The van der Waals surface area contributed by atoms with E-state index in [1.54, 1.807) is 18.5 Å². The molecule has 0 fully saturated rings.